The van der Waals surface area contributed by atoms with Gasteiger partial charge in [0, 0.05) is 9.94 Å². The molecule has 0 unspecified atom stereocenters. The van der Waals surface area contributed by atoms with Crippen LogP contribution in [-0.2, 0) is 4.65 Å². The molecular weight excluding hydrogens is 459 g/mol. The average molecular weight is 475 g/mol. The molecule has 1 aromatic carbocycles. The number of rotatable bonds is 4. The highest BCUT2D eigenvalue weighted by Crippen LogP contribution is 2.35. The van der Waals surface area contributed by atoms with Gasteiger partial charge in [0.1, 0.15) is 5.75 Å². The Morgan fingerprint density at radius 2 is 1.60 bits per heavy atom. The Morgan fingerprint density at radius 3 is 2.05 bits per heavy atom. The van der Waals surface area contributed by atoms with Crippen LogP contribution in [0.25, 0.3) is 0 Å². The monoisotopic (exact) mass is 472 g/mol. The summed E-state index contributed by atoms with van der Waals surface area (Å²) in [6.45, 7) is 6.55. The number of aliphatic hydroxyl groups is 1. The number of halogens is 3. The molecular formula is C12H16BBr3O4. The van der Waals surface area contributed by atoms with Crippen LogP contribution in [0.1, 0.15) is 27.7 Å². The third kappa shape index (κ3) is 3.78. The zero-order chi connectivity index (χ0) is 15.9. The van der Waals surface area contributed by atoms with Gasteiger partial charge in [0.2, 0.25) is 0 Å². The number of benzene rings is 1. The molecule has 0 aliphatic heterocycles. The van der Waals surface area contributed by atoms with Gasteiger partial charge in [0.05, 0.1) is 20.1 Å². The van der Waals surface area contributed by atoms with E-state index < -0.39 is 18.3 Å². The summed E-state index contributed by atoms with van der Waals surface area (Å²) in [6, 6.07) is 1.61. The lowest BCUT2D eigenvalue weighted by Crippen LogP contribution is -2.53. The smallest absolute Gasteiger partial charge is 0.494 e. The predicted molar refractivity (Wildman–Crippen MR) is 90.3 cm³/mol. The first-order valence-corrected chi connectivity index (χ1v) is 8.21. The summed E-state index contributed by atoms with van der Waals surface area (Å²) in [5, 5.41) is 30.2. The minimum Gasteiger partial charge on any atom is -0.506 e. The van der Waals surface area contributed by atoms with E-state index in [0.29, 0.717) is 18.9 Å². The first kappa shape index (κ1) is 18.5. The molecule has 20 heavy (non-hydrogen) atoms. The lowest BCUT2D eigenvalue weighted by Gasteiger charge is -2.38. The Morgan fingerprint density at radius 1 is 1.10 bits per heavy atom. The highest BCUT2D eigenvalue weighted by Gasteiger charge is 2.40. The maximum absolute atomic E-state index is 10.3. The molecule has 0 saturated carbocycles. The van der Waals surface area contributed by atoms with E-state index in [1.54, 1.807) is 33.8 Å². The second-order valence-electron chi connectivity index (χ2n) is 5.46. The number of phenolic OH excluding ortho intramolecular Hbond substituents is 1. The molecule has 8 heteroatoms. The number of hydrogen-bond donors (Lipinski definition) is 3. The average Bonchev–Trinajstić information content (AvgIpc) is 2.23. The third-order valence-electron chi connectivity index (χ3n) is 3.31. The van der Waals surface area contributed by atoms with Gasteiger partial charge < -0.3 is 19.9 Å². The minimum atomic E-state index is -1.32. The lowest BCUT2D eigenvalue weighted by atomic mass is 9.76. The van der Waals surface area contributed by atoms with Crippen molar-refractivity contribution in [3.8, 4) is 5.75 Å². The Hall–Kier alpha value is 0.405. The maximum atomic E-state index is 10.3. The first-order chi connectivity index (χ1) is 8.88. The molecule has 0 fully saturated rings. The fourth-order valence-corrected chi connectivity index (χ4v) is 3.82. The number of hydrogen-bond acceptors (Lipinski definition) is 4. The summed E-state index contributed by atoms with van der Waals surface area (Å²) < 4.78 is 6.92. The van der Waals surface area contributed by atoms with Crippen LogP contribution in [0.2, 0.25) is 0 Å². The zero-order valence-electron chi connectivity index (χ0n) is 11.5. The molecule has 0 amide bonds. The standard InChI is InChI=1S/C12H16BBr3O4/c1-11(2,18)12(3,4)20-13(19)8-6(14)5-7(15)10(17)9(8)16/h5,17-19H,1-4H3. The molecule has 0 saturated heterocycles. The summed E-state index contributed by atoms with van der Waals surface area (Å²) in [4.78, 5) is 0. The maximum Gasteiger partial charge on any atom is 0.494 e. The summed E-state index contributed by atoms with van der Waals surface area (Å²) in [7, 11) is -1.32. The van der Waals surface area contributed by atoms with E-state index in [9.17, 15) is 15.2 Å². The van der Waals surface area contributed by atoms with Gasteiger partial charge in [0.25, 0.3) is 0 Å². The van der Waals surface area contributed by atoms with Gasteiger partial charge in [0.15, 0.2) is 0 Å². The number of phenols is 1. The lowest BCUT2D eigenvalue weighted by molar-refractivity contribution is -0.0983. The molecule has 3 N–H and O–H groups in total. The molecule has 0 radical (unpaired) electrons. The Balaban J connectivity index is 3.18. The van der Waals surface area contributed by atoms with Crippen LogP contribution in [0, 0.1) is 0 Å². The van der Waals surface area contributed by atoms with Gasteiger partial charge in [-0.15, -0.1) is 0 Å². The van der Waals surface area contributed by atoms with Crippen LogP contribution in [0.5, 0.6) is 5.75 Å². The van der Waals surface area contributed by atoms with E-state index in [1.807, 2.05) is 0 Å². The Labute approximate surface area is 144 Å². The van der Waals surface area contributed by atoms with Crippen molar-refractivity contribution in [1.29, 1.82) is 0 Å². The summed E-state index contributed by atoms with van der Waals surface area (Å²) in [5.74, 6) is -0.0353. The highest BCUT2D eigenvalue weighted by molar-refractivity contribution is 9.11. The first-order valence-electron chi connectivity index (χ1n) is 5.83. The minimum absolute atomic E-state index is 0.0353. The molecule has 4 nitrogen and oxygen atoms in total. The van der Waals surface area contributed by atoms with Crippen molar-refractivity contribution in [2.75, 3.05) is 0 Å². The van der Waals surface area contributed by atoms with Crippen LogP contribution in [0.4, 0.5) is 0 Å². The van der Waals surface area contributed by atoms with E-state index in [1.165, 1.54) is 0 Å². The molecule has 0 spiro atoms. The van der Waals surface area contributed by atoms with E-state index in [0.717, 1.165) is 0 Å². The van der Waals surface area contributed by atoms with Crippen LogP contribution >= 0.6 is 47.8 Å². The van der Waals surface area contributed by atoms with Crippen molar-refractivity contribution in [2.45, 2.75) is 38.9 Å². The topological polar surface area (TPSA) is 69.9 Å². The zero-order valence-corrected chi connectivity index (χ0v) is 16.3. The summed E-state index contributed by atoms with van der Waals surface area (Å²) in [6.07, 6.45) is 0. The summed E-state index contributed by atoms with van der Waals surface area (Å²) in [5.41, 5.74) is -1.79. The van der Waals surface area contributed by atoms with Gasteiger partial charge in [-0.05, 0) is 65.6 Å². The molecule has 1 aromatic rings. The van der Waals surface area contributed by atoms with Crippen molar-refractivity contribution in [3.63, 3.8) is 0 Å². The number of aromatic hydroxyl groups is 1. The van der Waals surface area contributed by atoms with E-state index in [2.05, 4.69) is 47.8 Å². The van der Waals surface area contributed by atoms with E-state index in [4.69, 9.17) is 4.65 Å². The van der Waals surface area contributed by atoms with Gasteiger partial charge in [-0.25, -0.2) is 0 Å². The molecule has 0 aliphatic rings. The van der Waals surface area contributed by atoms with Crippen molar-refractivity contribution >= 4 is 60.4 Å². The van der Waals surface area contributed by atoms with Crippen molar-refractivity contribution in [3.05, 3.63) is 19.5 Å². The highest BCUT2D eigenvalue weighted by atomic mass is 79.9. The quantitative estimate of drug-likeness (QED) is 0.587. The SMILES string of the molecule is CC(C)(O)C(C)(C)OB(O)c1c(Br)cc(Br)c(O)c1Br. The molecule has 0 heterocycles. The second-order valence-corrected chi connectivity index (χ2v) is 7.96. The van der Waals surface area contributed by atoms with Gasteiger partial charge in [-0.3, -0.25) is 0 Å². The predicted octanol–water partition coefficient (Wildman–Crippen LogP) is 2.93. The normalized spacial score (nSPS) is 12.7. The Bertz CT molecular complexity index is 514. The molecule has 112 valence electrons. The van der Waals surface area contributed by atoms with Crippen LogP contribution < -0.4 is 5.46 Å². The Kier molecular flexibility index (Phi) is 5.78. The van der Waals surface area contributed by atoms with Crippen LogP contribution in [-0.4, -0.2) is 33.6 Å². The fourth-order valence-electron chi connectivity index (χ4n) is 1.30. The van der Waals surface area contributed by atoms with Crippen LogP contribution in [0.3, 0.4) is 0 Å². The van der Waals surface area contributed by atoms with Gasteiger partial charge in [-0.1, -0.05) is 15.9 Å². The van der Waals surface area contributed by atoms with E-state index in [-0.39, 0.29) is 5.75 Å². The van der Waals surface area contributed by atoms with Crippen molar-refractivity contribution in [2.24, 2.45) is 0 Å². The third-order valence-corrected chi connectivity index (χ3v) is 5.37. The van der Waals surface area contributed by atoms with Crippen LogP contribution in [0.15, 0.2) is 19.5 Å². The second kappa shape index (κ2) is 6.26. The van der Waals surface area contributed by atoms with Crippen molar-refractivity contribution in [1.82, 2.24) is 0 Å². The van der Waals surface area contributed by atoms with E-state index >= 15 is 0 Å². The molecule has 0 bridgehead atoms. The van der Waals surface area contributed by atoms with Gasteiger partial charge >= 0.3 is 7.12 Å². The molecule has 0 atom stereocenters. The largest absolute Gasteiger partial charge is 0.506 e. The van der Waals surface area contributed by atoms with Crippen molar-refractivity contribution < 1.29 is 19.9 Å². The molecule has 0 aliphatic carbocycles. The molecule has 0 aromatic heterocycles. The summed E-state index contributed by atoms with van der Waals surface area (Å²) >= 11 is 9.75. The van der Waals surface area contributed by atoms with Gasteiger partial charge in [-0.2, -0.15) is 0 Å². The molecule has 1 rings (SSSR count). The fraction of sp³-hybridized carbons (Fsp3) is 0.500.